The largest absolute Gasteiger partial charge is 0.308 e. The van der Waals surface area contributed by atoms with Crippen molar-refractivity contribution in [2.45, 2.75) is 9.79 Å². The van der Waals surface area contributed by atoms with Crippen LogP contribution in [0.15, 0.2) is 119 Å². The summed E-state index contributed by atoms with van der Waals surface area (Å²) >= 11 is 1.82. The number of rotatable bonds is 3. The third-order valence-electron chi connectivity index (χ3n) is 5.35. The predicted molar refractivity (Wildman–Crippen MR) is 126 cm³/mol. The van der Waals surface area contributed by atoms with Gasteiger partial charge in [-0.2, -0.15) is 0 Å². The Morgan fingerprint density at radius 1 is 0.613 bits per heavy atom. The maximum atomic E-state index is 4.43. The Balaban J connectivity index is 1.44. The van der Waals surface area contributed by atoms with Gasteiger partial charge in [0.1, 0.15) is 5.69 Å². The van der Waals surface area contributed by atoms with Crippen molar-refractivity contribution in [3.8, 4) is 16.9 Å². The van der Waals surface area contributed by atoms with Gasteiger partial charge in [-0.1, -0.05) is 71.6 Å². The van der Waals surface area contributed by atoms with E-state index < -0.39 is 0 Å². The SMILES string of the molecule is c1ccc(-n2cc(-c3cccc(N4c5ccccc5Sc5ccccc54)c3)nn2)cc1. The van der Waals surface area contributed by atoms with Crippen molar-refractivity contribution in [3.63, 3.8) is 0 Å². The molecule has 148 valence electrons. The minimum Gasteiger partial charge on any atom is -0.308 e. The van der Waals surface area contributed by atoms with Gasteiger partial charge in [-0.15, -0.1) is 5.10 Å². The highest BCUT2D eigenvalue weighted by atomic mass is 32.2. The summed E-state index contributed by atoms with van der Waals surface area (Å²) in [6.07, 6.45) is 1.97. The van der Waals surface area contributed by atoms with Gasteiger partial charge >= 0.3 is 0 Å². The third kappa shape index (κ3) is 3.20. The van der Waals surface area contributed by atoms with Crippen LogP contribution in [0, 0.1) is 0 Å². The quantitative estimate of drug-likeness (QED) is 0.314. The molecule has 0 saturated heterocycles. The van der Waals surface area contributed by atoms with Gasteiger partial charge in [0.2, 0.25) is 0 Å². The second-order valence-electron chi connectivity index (χ2n) is 7.31. The first-order valence-corrected chi connectivity index (χ1v) is 10.9. The summed E-state index contributed by atoms with van der Waals surface area (Å²) in [6.45, 7) is 0. The van der Waals surface area contributed by atoms with E-state index in [0.29, 0.717) is 0 Å². The first kappa shape index (κ1) is 18.0. The van der Waals surface area contributed by atoms with E-state index in [0.717, 1.165) is 22.6 Å². The normalized spacial score (nSPS) is 12.3. The van der Waals surface area contributed by atoms with Crippen molar-refractivity contribution in [1.82, 2.24) is 15.0 Å². The van der Waals surface area contributed by atoms with Crippen LogP contribution < -0.4 is 4.90 Å². The highest BCUT2D eigenvalue weighted by Crippen LogP contribution is 2.51. The summed E-state index contributed by atoms with van der Waals surface area (Å²) in [5.74, 6) is 0. The number of aromatic nitrogens is 3. The molecule has 0 amide bonds. The molecule has 6 rings (SSSR count). The molecule has 0 unspecified atom stereocenters. The number of fused-ring (bicyclic) bond motifs is 2. The zero-order valence-corrected chi connectivity index (χ0v) is 17.4. The van der Waals surface area contributed by atoms with E-state index >= 15 is 0 Å². The molecule has 0 atom stereocenters. The van der Waals surface area contributed by atoms with Crippen LogP contribution in [0.1, 0.15) is 0 Å². The first-order chi connectivity index (χ1) is 15.4. The van der Waals surface area contributed by atoms with Crippen molar-refractivity contribution < 1.29 is 0 Å². The van der Waals surface area contributed by atoms with Crippen LogP contribution in [-0.4, -0.2) is 15.0 Å². The predicted octanol–water partition coefficient (Wildman–Crippen LogP) is 6.87. The summed E-state index contributed by atoms with van der Waals surface area (Å²) in [5.41, 5.74) is 6.36. The molecule has 1 aliphatic heterocycles. The molecule has 0 aliphatic carbocycles. The van der Waals surface area contributed by atoms with Gasteiger partial charge in [0.25, 0.3) is 0 Å². The molecule has 1 aromatic heterocycles. The summed E-state index contributed by atoms with van der Waals surface area (Å²) in [5, 5.41) is 8.75. The Morgan fingerprint density at radius 3 is 2.00 bits per heavy atom. The summed E-state index contributed by atoms with van der Waals surface area (Å²) in [7, 11) is 0. The molecule has 2 heterocycles. The van der Waals surface area contributed by atoms with Crippen LogP contribution in [0.4, 0.5) is 17.1 Å². The number of hydrogen-bond acceptors (Lipinski definition) is 4. The fraction of sp³-hybridized carbons (Fsp3) is 0. The minimum atomic E-state index is 0.846. The van der Waals surface area contributed by atoms with Crippen molar-refractivity contribution in [2.24, 2.45) is 0 Å². The van der Waals surface area contributed by atoms with Crippen LogP contribution in [0.25, 0.3) is 16.9 Å². The van der Waals surface area contributed by atoms with Crippen LogP contribution >= 0.6 is 11.8 Å². The van der Waals surface area contributed by atoms with E-state index in [1.54, 1.807) is 0 Å². The van der Waals surface area contributed by atoms with Crippen molar-refractivity contribution in [1.29, 1.82) is 0 Å². The van der Waals surface area contributed by atoms with E-state index in [1.807, 2.05) is 53.0 Å². The van der Waals surface area contributed by atoms with E-state index in [4.69, 9.17) is 0 Å². The average molecular weight is 419 g/mol. The Kier molecular flexibility index (Phi) is 4.32. The molecule has 0 spiro atoms. The first-order valence-electron chi connectivity index (χ1n) is 10.1. The summed E-state index contributed by atoms with van der Waals surface area (Å²) < 4.78 is 1.81. The average Bonchev–Trinajstić information content (AvgIpc) is 3.34. The molecule has 0 fully saturated rings. The van der Waals surface area contributed by atoms with Gasteiger partial charge < -0.3 is 4.90 Å². The molecule has 4 aromatic carbocycles. The lowest BCUT2D eigenvalue weighted by Gasteiger charge is -2.33. The standard InChI is InChI=1S/C26H18N4S/c1-2-10-20(11-3-1)29-18-22(27-28-29)19-9-8-12-21(17-19)30-23-13-4-6-15-25(23)31-26-16-7-5-14-24(26)30/h1-18H. The third-order valence-corrected chi connectivity index (χ3v) is 6.48. The topological polar surface area (TPSA) is 34.0 Å². The van der Waals surface area contributed by atoms with Crippen LogP contribution in [0.2, 0.25) is 0 Å². The van der Waals surface area contributed by atoms with Crippen molar-refractivity contribution in [2.75, 3.05) is 4.90 Å². The molecule has 0 N–H and O–H groups in total. The smallest absolute Gasteiger partial charge is 0.113 e. The fourth-order valence-corrected chi connectivity index (χ4v) is 4.95. The van der Waals surface area contributed by atoms with Gasteiger partial charge in [-0.3, -0.25) is 0 Å². The lowest BCUT2D eigenvalue weighted by Crippen LogP contribution is -2.14. The lowest BCUT2D eigenvalue weighted by atomic mass is 10.1. The molecule has 5 aromatic rings. The van der Waals surface area contributed by atoms with Crippen molar-refractivity contribution in [3.05, 3.63) is 109 Å². The van der Waals surface area contributed by atoms with Gasteiger partial charge in [0.15, 0.2) is 0 Å². The van der Waals surface area contributed by atoms with E-state index in [1.165, 1.54) is 21.2 Å². The number of anilines is 3. The Morgan fingerprint density at radius 2 is 1.26 bits per heavy atom. The van der Waals surface area contributed by atoms with Gasteiger partial charge in [0.05, 0.1) is 23.3 Å². The van der Waals surface area contributed by atoms with E-state index in [-0.39, 0.29) is 0 Å². The van der Waals surface area contributed by atoms with E-state index in [9.17, 15) is 0 Å². The van der Waals surface area contributed by atoms with Crippen LogP contribution in [-0.2, 0) is 0 Å². The zero-order chi connectivity index (χ0) is 20.6. The van der Waals surface area contributed by atoms with Gasteiger partial charge in [-0.05, 0) is 48.5 Å². The molecule has 31 heavy (non-hydrogen) atoms. The molecular weight excluding hydrogens is 400 g/mol. The summed E-state index contributed by atoms with van der Waals surface area (Å²) in [6, 6.07) is 35.6. The number of benzene rings is 4. The fourth-order valence-electron chi connectivity index (χ4n) is 3.89. The Labute approximate surface area is 184 Å². The second-order valence-corrected chi connectivity index (χ2v) is 8.39. The summed E-state index contributed by atoms with van der Waals surface area (Å²) in [4.78, 5) is 4.83. The molecule has 1 aliphatic rings. The van der Waals surface area contributed by atoms with Crippen LogP contribution in [0.5, 0.6) is 0 Å². The number of nitrogens with zero attached hydrogens (tertiary/aromatic N) is 4. The Hall–Kier alpha value is -3.83. The molecular formula is C26H18N4S. The highest BCUT2D eigenvalue weighted by Gasteiger charge is 2.24. The number of hydrogen-bond donors (Lipinski definition) is 0. The molecule has 5 heteroatoms. The van der Waals surface area contributed by atoms with Crippen LogP contribution in [0.3, 0.4) is 0 Å². The van der Waals surface area contributed by atoms with Gasteiger partial charge in [0, 0.05) is 21.0 Å². The lowest BCUT2D eigenvalue weighted by molar-refractivity contribution is 0.804. The molecule has 0 saturated carbocycles. The van der Waals surface area contributed by atoms with E-state index in [2.05, 4.69) is 88.0 Å². The maximum absolute atomic E-state index is 4.43. The molecule has 0 bridgehead atoms. The maximum Gasteiger partial charge on any atom is 0.113 e. The van der Waals surface area contributed by atoms with Gasteiger partial charge in [-0.25, -0.2) is 4.68 Å². The zero-order valence-electron chi connectivity index (χ0n) is 16.6. The second kappa shape index (κ2) is 7.45. The number of para-hydroxylation sites is 3. The molecule has 0 radical (unpaired) electrons. The minimum absolute atomic E-state index is 0.846. The monoisotopic (exact) mass is 418 g/mol. The Bertz CT molecular complexity index is 1330. The van der Waals surface area contributed by atoms with Crippen molar-refractivity contribution >= 4 is 28.8 Å². The molecule has 4 nitrogen and oxygen atoms in total. The highest BCUT2D eigenvalue weighted by molar-refractivity contribution is 7.99.